The molecule has 0 fully saturated rings. The average Bonchev–Trinajstić information content (AvgIpc) is 2.25. The number of nitrogens with zero attached hydrogens (tertiary/aromatic N) is 1. The summed E-state index contributed by atoms with van der Waals surface area (Å²) in [5.74, 6) is -1.32. The van der Waals surface area contributed by atoms with Gasteiger partial charge in [-0.15, -0.1) is 0 Å². The van der Waals surface area contributed by atoms with Gasteiger partial charge in [0.15, 0.2) is 0 Å². The Hall–Kier alpha value is -1.88. The number of hydrogen-bond donors (Lipinski definition) is 2. The number of carbonyl (C=O) groups is 2. The number of hydrogen-bond acceptors (Lipinski definition) is 3. The van der Waals surface area contributed by atoms with Crippen molar-refractivity contribution in [2.75, 3.05) is 20.1 Å². The van der Waals surface area contributed by atoms with E-state index in [1.807, 2.05) is 0 Å². The van der Waals surface area contributed by atoms with Crippen LogP contribution in [0.3, 0.4) is 0 Å². The van der Waals surface area contributed by atoms with Crippen LogP contribution in [0, 0.1) is 0 Å². The Bertz CT molecular complexity index is 418. The number of carbonyl (C=O) groups excluding carboxylic acids is 1. The predicted molar refractivity (Wildman–Crippen MR) is 63.8 cm³/mol. The molecule has 0 aliphatic carbocycles. The van der Waals surface area contributed by atoms with Crippen LogP contribution < -0.4 is 5.73 Å². The zero-order valence-electron chi connectivity index (χ0n) is 9.72. The number of amides is 1. The minimum atomic E-state index is -0.932. The Labute approximate surface area is 99.8 Å². The molecule has 0 unspecified atom stereocenters. The summed E-state index contributed by atoms with van der Waals surface area (Å²) >= 11 is 0. The molecule has 92 valence electrons. The normalized spacial score (nSPS) is 10.5. The van der Waals surface area contributed by atoms with E-state index in [1.165, 1.54) is 0 Å². The highest BCUT2D eigenvalue weighted by molar-refractivity contribution is 5.89. The van der Waals surface area contributed by atoms with Gasteiger partial charge in [0.1, 0.15) is 0 Å². The van der Waals surface area contributed by atoms with Crippen molar-refractivity contribution in [2.45, 2.75) is 6.42 Å². The van der Waals surface area contributed by atoms with Crippen LogP contribution in [0.15, 0.2) is 24.3 Å². The fraction of sp³-hybridized carbons (Fsp3) is 0.333. The number of carboxylic acid groups (broad SMARTS) is 1. The first-order valence-corrected chi connectivity index (χ1v) is 5.28. The van der Waals surface area contributed by atoms with Gasteiger partial charge in [-0.3, -0.25) is 9.69 Å². The van der Waals surface area contributed by atoms with Gasteiger partial charge in [0, 0.05) is 6.54 Å². The number of aromatic carboxylic acids is 1. The first-order valence-electron chi connectivity index (χ1n) is 5.28. The zero-order chi connectivity index (χ0) is 12.8. The van der Waals surface area contributed by atoms with Crippen LogP contribution in [0.4, 0.5) is 0 Å². The molecular weight excluding hydrogens is 220 g/mol. The topological polar surface area (TPSA) is 83.6 Å². The highest BCUT2D eigenvalue weighted by Crippen LogP contribution is 2.09. The van der Waals surface area contributed by atoms with Gasteiger partial charge in [-0.25, -0.2) is 4.79 Å². The summed E-state index contributed by atoms with van der Waals surface area (Å²) < 4.78 is 0. The molecule has 0 saturated carbocycles. The lowest BCUT2D eigenvalue weighted by atomic mass is 10.0. The van der Waals surface area contributed by atoms with Gasteiger partial charge in [-0.1, -0.05) is 18.2 Å². The molecule has 0 aromatic heterocycles. The molecule has 0 atom stereocenters. The van der Waals surface area contributed by atoms with Crippen molar-refractivity contribution >= 4 is 11.9 Å². The maximum absolute atomic E-state index is 11.0. The Morgan fingerprint density at radius 2 is 2.00 bits per heavy atom. The van der Waals surface area contributed by atoms with Crippen molar-refractivity contribution < 1.29 is 14.7 Å². The van der Waals surface area contributed by atoms with Crippen LogP contribution in [-0.4, -0.2) is 42.0 Å². The van der Waals surface area contributed by atoms with Crippen molar-refractivity contribution in [2.24, 2.45) is 5.73 Å². The van der Waals surface area contributed by atoms with Crippen LogP contribution in [-0.2, 0) is 11.2 Å². The summed E-state index contributed by atoms with van der Waals surface area (Å²) in [4.78, 5) is 23.4. The molecule has 0 aliphatic heterocycles. The standard InChI is InChI=1S/C12H16N2O3/c1-14(8-11(13)15)7-6-9-4-2-3-5-10(9)12(16)17/h2-5H,6-8H2,1H3,(H2,13,15)(H,16,17). The maximum Gasteiger partial charge on any atom is 0.335 e. The quantitative estimate of drug-likeness (QED) is 0.746. The second-order valence-corrected chi connectivity index (χ2v) is 3.92. The van der Waals surface area contributed by atoms with Gasteiger partial charge < -0.3 is 10.8 Å². The molecule has 0 spiro atoms. The molecule has 0 radical (unpaired) electrons. The van der Waals surface area contributed by atoms with Gasteiger partial charge in [0.25, 0.3) is 0 Å². The summed E-state index contributed by atoms with van der Waals surface area (Å²) in [5, 5.41) is 8.99. The van der Waals surface area contributed by atoms with E-state index in [0.29, 0.717) is 18.5 Å². The fourth-order valence-electron chi connectivity index (χ4n) is 1.60. The number of likely N-dealkylation sites (N-methyl/N-ethyl adjacent to an activating group) is 1. The maximum atomic E-state index is 11.0. The molecule has 0 saturated heterocycles. The third-order valence-corrected chi connectivity index (χ3v) is 2.44. The summed E-state index contributed by atoms with van der Waals surface area (Å²) in [6.45, 7) is 0.766. The lowest BCUT2D eigenvalue weighted by Gasteiger charge is -2.14. The van der Waals surface area contributed by atoms with Crippen molar-refractivity contribution in [3.05, 3.63) is 35.4 Å². The first kappa shape index (κ1) is 13.2. The molecule has 17 heavy (non-hydrogen) atoms. The SMILES string of the molecule is CN(CCc1ccccc1C(=O)O)CC(N)=O. The summed E-state index contributed by atoms with van der Waals surface area (Å²) in [5.41, 5.74) is 6.13. The molecule has 0 heterocycles. The zero-order valence-corrected chi connectivity index (χ0v) is 9.72. The summed E-state index contributed by atoms with van der Waals surface area (Å²) in [7, 11) is 1.77. The molecule has 3 N–H and O–H groups in total. The molecule has 1 aromatic carbocycles. The molecular formula is C12H16N2O3. The van der Waals surface area contributed by atoms with E-state index >= 15 is 0 Å². The van der Waals surface area contributed by atoms with E-state index in [2.05, 4.69) is 0 Å². The number of benzene rings is 1. The smallest absolute Gasteiger partial charge is 0.335 e. The molecule has 5 nitrogen and oxygen atoms in total. The van der Waals surface area contributed by atoms with E-state index in [9.17, 15) is 9.59 Å². The Balaban J connectivity index is 2.63. The van der Waals surface area contributed by atoms with Crippen LogP contribution in [0.1, 0.15) is 15.9 Å². The highest BCUT2D eigenvalue weighted by Gasteiger charge is 2.10. The lowest BCUT2D eigenvalue weighted by Crippen LogP contribution is -2.32. The molecule has 1 amide bonds. The minimum Gasteiger partial charge on any atom is -0.478 e. The van der Waals surface area contributed by atoms with Crippen LogP contribution >= 0.6 is 0 Å². The van der Waals surface area contributed by atoms with Gasteiger partial charge in [0.05, 0.1) is 12.1 Å². The Morgan fingerprint density at radius 1 is 1.35 bits per heavy atom. The van der Waals surface area contributed by atoms with E-state index in [1.54, 1.807) is 36.2 Å². The number of rotatable bonds is 6. The van der Waals surface area contributed by atoms with Crippen molar-refractivity contribution in [1.82, 2.24) is 4.90 Å². The highest BCUT2D eigenvalue weighted by atomic mass is 16.4. The third-order valence-electron chi connectivity index (χ3n) is 2.44. The average molecular weight is 236 g/mol. The number of carboxylic acids is 1. The predicted octanol–water partition coefficient (Wildman–Crippen LogP) is 0.344. The minimum absolute atomic E-state index is 0.176. The van der Waals surface area contributed by atoms with Gasteiger partial charge in [-0.2, -0.15) is 0 Å². The van der Waals surface area contributed by atoms with Crippen molar-refractivity contribution in [3.63, 3.8) is 0 Å². The molecule has 5 heteroatoms. The van der Waals surface area contributed by atoms with E-state index < -0.39 is 5.97 Å². The van der Waals surface area contributed by atoms with Crippen LogP contribution in [0.2, 0.25) is 0 Å². The second-order valence-electron chi connectivity index (χ2n) is 3.92. The van der Waals surface area contributed by atoms with E-state index in [4.69, 9.17) is 10.8 Å². The van der Waals surface area contributed by atoms with E-state index in [-0.39, 0.29) is 12.5 Å². The monoisotopic (exact) mass is 236 g/mol. The van der Waals surface area contributed by atoms with Crippen LogP contribution in [0.25, 0.3) is 0 Å². The summed E-state index contributed by atoms with van der Waals surface area (Å²) in [6.07, 6.45) is 0.576. The van der Waals surface area contributed by atoms with Crippen molar-refractivity contribution in [1.29, 1.82) is 0 Å². The Morgan fingerprint density at radius 3 is 2.59 bits per heavy atom. The second kappa shape index (κ2) is 6.00. The Kier molecular flexibility index (Phi) is 4.66. The lowest BCUT2D eigenvalue weighted by molar-refractivity contribution is -0.118. The third kappa shape index (κ3) is 4.24. The summed E-state index contributed by atoms with van der Waals surface area (Å²) in [6, 6.07) is 6.85. The van der Waals surface area contributed by atoms with E-state index in [0.717, 1.165) is 5.56 Å². The largest absolute Gasteiger partial charge is 0.478 e. The molecule has 1 aromatic rings. The first-order chi connectivity index (χ1) is 8.00. The van der Waals surface area contributed by atoms with Gasteiger partial charge >= 0.3 is 5.97 Å². The van der Waals surface area contributed by atoms with Gasteiger partial charge in [-0.05, 0) is 25.1 Å². The van der Waals surface area contributed by atoms with Crippen LogP contribution in [0.5, 0.6) is 0 Å². The number of nitrogens with two attached hydrogens (primary N) is 1. The molecule has 1 rings (SSSR count). The fourth-order valence-corrected chi connectivity index (χ4v) is 1.60. The molecule has 0 aliphatic rings. The van der Waals surface area contributed by atoms with Crippen molar-refractivity contribution in [3.8, 4) is 0 Å². The van der Waals surface area contributed by atoms with Gasteiger partial charge in [0.2, 0.25) is 5.91 Å². The molecule has 0 bridgehead atoms. The number of primary amides is 1.